The van der Waals surface area contributed by atoms with Crippen LogP contribution >= 0.6 is 11.5 Å². The lowest BCUT2D eigenvalue weighted by molar-refractivity contribution is -0.137. The van der Waals surface area contributed by atoms with Crippen LogP contribution in [0.2, 0.25) is 0 Å². The lowest BCUT2D eigenvalue weighted by Gasteiger charge is -2.25. The van der Waals surface area contributed by atoms with Gasteiger partial charge in [0.25, 0.3) is 5.91 Å². The Labute approximate surface area is 97.1 Å². The number of carboxylic acid groups (broad SMARTS) is 1. The maximum atomic E-state index is 11.9. The number of rotatable bonds is 5. The number of hydrogen-bond donors (Lipinski definition) is 1. The summed E-state index contributed by atoms with van der Waals surface area (Å²) in [7, 11) is 0. The van der Waals surface area contributed by atoms with E-state index in [9.17, 15) is 9.59 Å². The molecule has 0 aliphatic carbocycles. The molecule has 16 heavy (non-hydrogen) atoms. The molecule has 0 aromatic carbocycles. The van der Waals surface area contributed by atoms with Crippen LogP contribution in [-0.2, 0) is 4.79 Å². The van der Waals surface area contributed by atoms with Crippen molar-refractivity contribution in [1.29, 1.82) is 0 Å². The number of amides is 1. The third-order valence-corrected chi connectivity index (χ3v) is 2.68. The van der Waals surface area contributed by atoms with Gasteiger partial charge in [-0.2, -0.15) is 0 Å². The minimum Gasteiger partial charge on any atom is -0.481 e. The van der Waals surface area contributed by atoms with Crippen molar-refractivity contribution >= 4 is 23.4 Å². The Hall–Kier alpha value is -1.50. The third-order valence-electron chi connectivity index (χ3n) is 2.02. The molecule has 1 heterocycles. The number of aromatic nitrogens is 2. The minimum absolute atomic E-state index is 0.0473. The van der Waals surface area contributed by atoms with Gasteiger partial charge in [-0.3, -0.25) is 9.59 Å². The van der Waals surface area contributed by atoms with E-state index >= 15 is 0 Å². The molecule has 1 rings (SSSR count). The van der Waals surface area contributed by atoms with Crippen LogP contribution in [0.4, 0.5) is 0 Å². The van der Waals surface area contributed by atoms with Crippen LogP contribution in [0.5, 0.6) is 0 Å². The molecule has 0 saturated carbocycles. The van der Waals surface area contributed by atoms with E-state index in [2.05, 4.69) is 9.59 Å². The Kier molecular flexibility index (Phi) is 4.36. The largest absolute Gasteiger partial charge is 0.481 e. The molecular weight excluding hydrogens is 230 g/mol. The van der Waals surface area contributed by atoms with Gasteiger partial charge in [-0.25, -0.2) is 0 Å². The van der Waals surface area contributed by atoms with E-state index in [1.54, 1.807) is 0 Å². The minimum atomic E-state index is -0.916. The van der Waals surface area contributed by atoms with Crippen molar-refractivity contribution in [2.45, 2.75) is 26.3 Å². The first kappa shape index (κ1) is 12.6. The highest BCUT2D eigenvalue weighted by molar-refractivity contribution is 7.07. The molecule has 0 spiro atoms. The molecule has 0 unspecified atom stereocenters. The van der Waals surface area contributed by atoms with Crippen molar-refractivity contribution in [3.8, 4) is 0 Å². The number of carbonyl (C=O) groups excluding carboxylic acids is 1. The molecular formula is C9H13N3O3S. The fourth-order valence-corrected chi connectivity index (χ4v) is 1.69. The molecule has 88 valence electrons. The van der Waals surface area contributed by atoms with Gasteiger partial charge >= 0.3 is 5.97 Å². The first-order chi connectivity index (χ1) is 7.52. The van der Waals surface area contributed by atoms with E-state index < -0.39 is 5.97 Å². The quantitative estimate of drug-likeness (QED) is 0.829. The van der Waals surface area contributed by atoms with Gasteiger partial charge in [-0.15, -0.1) is 5.10 Å². The molecule has 0 bridgehead atoms. The maximum absolute atomic E-state index is 11.9. The van der Waals surface area contributed by atoms with Crippen LogP contribution in [0.15, 0.2) is 6.20 Å². The fraction of sp³-hybridized carbons (Fsp3) is 0.556. The van der Waals surface area contributed by atoms with Crippen LogP contribution < -0.4 is 0 Å². The second-order valence-corrected chi connectivity index (χ2v) is 4.30. The smallest absolute Gasteiger partial charge is 0.305 e. The molecule has 1 aromatic rings. The number of carbonyl (C=O) groups is 2. The summed E-state index contributed by atoms with van der Waals surface area (Å²) in [6, 6.07) is -0.0473. The molecule has 7 heteroatoms. The van der Waals surface area contributed by atoms with Gasteiger partial charge in [-0.1, -0.05) is 4.49 Å². The summed E-state index contributed by atoms with van der Waals surface area (Å²) >= 11 is 1.01. The summed E-state index contributed by atoms with van der Waals surface area (Å²) in [4.78, 5) is 24.3. The second-order valence-electron chi connectivity index (χ2n) is 3.52. The zero-order valence-corrected chi connectivity index (χ0v) is 9.90. The van der Waals surface area contributed by atoms with Gasteiger partial charge in [0.2, 0.25) is 0 Å². The third kappa shape index (κ3) is 3.27. The average molecular weight is 243 g/mol. The average Bonchev–Trinajstić information content (AvgIpc) is 2.69. The van der Waals surface area contributed by atoms with E-state index in [1.165, 1.54) is 11.1 Å². The first-order valence-electron chi connectivity index (χ1n) is 4.82. The van der Waals surface area contributed by atoms with Crippen molar-refractivity contribution in [3.05, 3.63) is 11.1 Å². The normalized spacial score (nSPS) is 10.4. The molecule has 0 aliphatic rings. The second kappa shape index (κ2) is 5.55. The highest BCUT2D eigenvalue weighted by Gasteiger charge is 2.21. The molecule has 0 saturated heterocycles. The fourth-order valence-electron chi connectivity index (χ4n) is 1.21. The summed E-state index contributed by atoms with van der Waals surface area (Å²) in [5, 5.41) is 12.2. The topological polar surface area (TPSA) is 83.4 Å². The number of carboxylic acids is 1. The highest BCUT2D eigenvalue weighted by Crippen LogP contribution is 2.10. The van der Waals surface area contributed by atoms with Gasteiger partial charge in [-0.05, 0) is 25.4 Å². The lowest BCUT2D eigenvalue weighted by atomic mass is 10.2. The molecule has 0 atom stereocenters. The molecule has 1 amide bonds. The van der Waals surface area contributed by atoms with Crippen LogP contribution in [0.1, 0.15) is 29.9 Å². The Morgan fingerprint density at radius 2 is 2.25 bits per heavy atom. The number of nitrogens with zero attached hydrogens (tertiary/aromatic N) is 3. The predicted octanol–water partition coefficient (Wildman–Crippen LogP) is 0.863. The van der Waals surface area contributed by atoms with Gasteiger partial charge in [0, 0.05) is 12.6 Å². The van der Waals surface area contributed by atoms with Gasteiger partial charge in [0.05, 0.1) is 12.6 Å². The maximum Gasteiger partial charge on any atom is 0.305 e. The lowest BCUT2D eigenvalue weighted by Crippen LogP contribution is -2.38. The van der Waals surface area contributed by atoms with E-state index in [0.29, 0.717) is 4.88 Å². The summed E-state index contributed by atoms with van der Waals surface area (Å²) in [6.45, 7) is 3.88. The van der Waals surface area contributed by atoms with Crippen LogP contribution in [0.3, 0.4) is 0 Å². The van der Waals surface area contributed by atoms with E-state index in [-0.39, 0.29) is 24.9 Å². The highest BCUT2D eigenvalue weighted by atomic mass is 32.1. The Morgan fingerprint density at radius 1 is 1.56 bits per heavy atom. The number of aliphatic carboxylic acids is 1. The molecule has 1 aromatic heterocycles. The molecule has 0 aliphatic heterocycles. The van der Waals surface area contributed by atoms with E-state index in [0.717, 1.165) is 11.5 Å². The van der Waals surface area contributed by atoms with Crippen molar-refractivity contribution in [2.75, 3.05) is 6.54 Å². The van der Waals surface area contributed by atoms with Crippen molar-refractivity contribution in [3.63, 3.8) is 0 Å². The first-order valence-corrected chi connectivity index (χ1v) is 5.60. The molecule has 1 N–H and O–H groups in total. The van der Waals surface area contributed by atoms with Crippen LogP contribution in [-0.4, -0.2) is 44.1 Å². The summed E-state index contributed by atoms with van der Waals surface area (Å²) < 4.78 is 3.61. The summed E-state index contributed by atoms with van der Waals surface area (Å²) in [5.74, 6) is -1.13. The van der Waals surface area contributed by atoms with Gasteiger partial charge < -0.3 is 10.0 Å². The summed E-state index contributed by atoms with van der Waals surface area (Å²) in [6.07, 6.45) is 1.33. The SMILES string of the molecule is CC(C)N(CCC(=O)O)C(=O)c1cnns1. The van der Waals surface area contributed by atoms with Crippen molar-refractivity contribution in [2.24, 2.45) is 0 Å². The van der Waals surface area contributed by atoms with Gasteiger partial charge in [0.1, 0.15) is 4.88 Å². The monoisotopic (exact) mass is 243 g/mol. The van der Waals surface area contributed by atoms with Crippen molar-refractivity contribution < 1.29 is 14.7 Å². The van der Waals surface area contributed by atoms with E-state index in [4.69, 9.17) is 5.11 Å². The summed E-state index contributed by atoms with van der Waals surface area (Å²) in [5.41, 5.74) is 0. The number of hydrogen-bond acceptors (Lipinski definition) is 5. The van der Waals surface area contributed by atoms with Gasteiger partial charge in [0.15, 0.2) is 0 Å². The van der Waals surface area contributed by atoms with Crippen LogP contribution in [0, 0.1) is 0 Å². The standard InChI is InChI=1S/C9H13N3O3S/c1-6(2)12(4-3-8(13)14)9(15)7-5-10-11-16-7/h5-6H,3-4H2,1-2H3,(H,13,14). The molecule has 0 fully saturated rings. The zero-order valence-electron chi connectivity index (χ0n) is 9.08. The predicted molar refractivity (Wildman–Crippen MR) is 58.3 cm³/mol. The Bertz CT molecular complexity index is 364. The molecule has 0 radical (unpaired) electrons. The molecule has 6 nitrogen and oxygen atoms in total. The van der Waals surface area contributed by atoms with E-state index in [1.807, 2.05) is 13.8 Å². The Balaban J connectivity index is 2.70. The Morgan fingerprint density at radius 3 is 2.69 bits per heavy atom. The zero-order chi connectivity index (χ0) is 12.1. The van der Waals surface area contributed by atoms with Crippen LogP contribution in [0.25, 0.3) is 0 Å². The van der Waals surface area contributed by atoms with Crippen molar-refractivity contribution in [1.82, 2.24) is 14.5 Å².